The number of hydrogen-bond donors (Lipinski definition) is 0. The van der Waals surface area contributed by atoms with E-state index < -0.39 is 6.04 Å². The Kier molecular flexibility index (Phi) is 5.08. The van der Waals surface area contributed by atoms with Gasteiger partial charge in [0, 0.05) is 32.2 Å². The fourth-order valence-corrected chi connectivity index (χ4v) is 3.30. The molecule has 0 spiro atoms. The van der Waals surface area contributed by atoms with Gasteiger partial charge in [0.05, 0.1) is 16.4 Å². The number of para-hydroxylation sites is 1. The SMILES string of the molecule is Cc1ccc(=O)n(C(C)C(=O)N2CCN(c3ccccc3Cl)CC2)n1. The summed E-state index contributed by atoms with van der Waals surface area (Å²) in [6.07, 6.45) is 0. The molecule has 1 saturated heterocycles. The van der Waals surface area contributed by atoms with Crippen LogP contribution in [0.5, 0.6) is 0 Å². The molecule has 2 aromatic rings. The van der Waals surface area contributed by atoms with E-state index in [1.165, 1.54) is 10.7 Å². The first-order chi connectivity index (χ1) is 12.0. The average molecular weight is 361 g/mol. The van der Waals surface area contributed by atoms with Gasteiger partial charge in [-0.2, -0.15) is 5.10 Å². The van der Waals surface area contributed by atoms with Crippen molar-refractivity contribution in [1.82, 2.24) is 14.7 Å². The number of aromatic nitrogens is 2. The zero-order chi connectivity index (χ0) is 18.0. The molecule has 1 amide bonds. The summed E-state index contributed by atoms with van der Waals surface area (Å²) in [6, 6.07) is 10.2. The van der Waals surface area contributed by atoms with Gasteiger partial charge in [-0.25, -0.2) is 4.68 Å². The van der Waals surface area contributed by atoms with Crippen LogP contribution in [0.4, 0.5) is 5.69 Å². The number of carbonyl (C=O) groups is 1. The standard InChI is InChI=1S/C18H21ClN4O2/c1-13-7-8-17(24)23(20-13)14(2)18(25)22-11-9-21(10-12-22)16-6-4-3-5-15(16)19/h3-8,14H,9-12H2,1-2H3. The van der Waals surface area contributed by atoms with Crippen LogP contribution in [0.15, 0.2) is 41.2 Å². The van der Waals surface area contributed by atoms with Crippen molar-refractivity contribution in [3.8, 4) is 0 Å². The third-order valence-electron chi connectivity index (χ3n) is 4.47. The number of nitrogens with zero attached hydrogens (tertiary/aromatic N) is 4. The van der Waals surface area contributed by atoms with E-state index in [2.05, 4.69) is 10.00 Å². The molecular weight excluding hydrogens is 340 g/mol. The molecule has 0 radical (unpaired) electrons. The van der Waals surface area contributed by atoms with Crippen LogP contribution in [-0.2, 0) is 4.79 Å². The van der Waals surface area contributed by atoms with E-state index in [1.807, 2.05) is 24.3 Å². The Morgan fingerprint density at radius 2 is 1.80 bits per heavy atom. The number of amides is 1. The largest absolute Gasteiger partial charge is 0.367 e. The van der Waals surface area contributed by atoms with Crippen molar-refractivity contribution in [2.45, 2.75) is 19.9 Å². The number of piperazine rings is 1. The molecule has 1 aliphatic rings. The minimum Gasteiger partial charge on any atom is -0.367 e. The maximum Gasteiger partial charge on any atom is 0.267 e. The van der Waals surface area contributed by atoms with Crippen molar-refractivity contribution in [3.63, 3.8) is 0 Å². The lowest BCUT2D eigenvalue weighted by Crippen LogP contribution is -2.51. The quantitative estimate of drug-likeness (QED) is 0.841. The molecule has 0 bridgehead atoms. The molecule has 1 aromatic carbocycles. The molecule has 7 heteroatoms. The highest BCUT2D eigenvalue weighted by Crippen LogP contribution is 2.26. The van der Waals surface area contributed by atoms with Gasteiger partial charge >= 0.3 is 0 Å². The summed E-state index contributed by atoms with van der Waals surface area (Å²) in [4.78, 5) is 28.7. The number of halogens is 1. The first kappa shape index (κ1) is 17.5. The molecule has 1 atom stereocenters. The predicted molar refractivity (Wildman–Crippen MR) is 98.2 cm³/mol. The summed E-state index contributed by atoms with van der Waals surface area (Å²) in [5.41, 5.74) is 1.44. The topological polar surface area (TPSA) is 58.4 Å². The maximum absolute atomic E-state index is 12.8. The molecule has 0 aliphatic carbocycles. The third kappa shape index (κ3) is 3.69. The Morgan fingerprint density at radius 1 is 1.12 bits per heavy atom. The summed E-state index contributed by atoms with van der Waals surface area (Å²) in [5.74, 6) is -0.0843. The second-order valence-electron chi connectivity index (χ2n) is 6.20. The fourth-order valence-electron chi connectivity index (χ4n) is 3.04. The minimum absolute atomic E-state index is 0.0843. The monoisotopic (exact) mass is 360 g/mol. The first-order valence-corrected chi connectivity index (χ1v) is 8.70. The van der Waals surface area contributed by atoms with Crippen LogP contribution in [0.1, 0.15) is 18.7 Å². The van der Waals surface area contributed by atoms with Crippen LogP contribution in [0.3, 0.4) is 0 Å². The van der Waals surface area contributed by atoms with Gasteiger partial charge in [0.25, 0.3) is 5.56 Å². The van der Waals surface area contributed by atoms with E-state index in [0.29, 0.717) is 36.9 Å². The molecule has 6 nitrogen and oxygen atoms in total. The summed E-state index contributed by atoms with van der Waals surface area (Å²) in [6.45, 7) is 6.12. The van der Waals surface area contributed by atoms with Gasteiger partial charge in [0.15, 0.2) is 0 Å². The van der Waals surface area contributed by atoms with E-state index >= 15 is 0 Å². The van der Waals surface area contributed by atoms with Gasteiger partial charge in [-0.3, -0.25) is 9.59 Å². The molecule has 0 N–H and O–H groups in total. The van der Waals surface area contributed by atoms with Crippen molar-refractivity contribution in [2.75, 3.05) is 31.1 Å². The highest BCUT2D eigenvalue weighted by Gasteiger charge is 2.27. The zero-order valence-corrected chi connectivity index (χ0v) is 15.1. The van der Waals surface area contributed by atoms with E-state index in [-0.39, 0.29) is 11.5 Å². The van der Waals surface area contributed by atoms with Gasteiger partial charge < -0.3 is 9.80 Å². The number of carbonyl (C=O) groups excluding carboxylic acids is 1. The molecule has 1 fully saturated rings. The summed E-state index contributed by atoms with van der Waals surface area (Å²) >= 11 is 6.25. The van der Waals surface area contributed by atoms with Gasteiger partial charge in [-0.05, 0) is 32.0 Å². The molecule has 0 saturated carbocycles. The lowest BCUT2D eigenvalue weighted by molar-refractivity contribution is -0.135. The third-order valence-corrected chi connectivity index (χ3v) is 4.79. The lowest BCUT2D eigenvalue weighted by Gasteiger charge is -2.37. The van der Waals surface area contributed by atoms with E-state index in [0.717, 1.165) is 5.69 Å². The van der Waals surface area contributed by atoms with Crippen LogP contribution in [0, 0.1) is 6.92 Å². The number of benzene rings is 1. The second-order valence-corrected chi connectivity index (χ2v) is 6.60. The summed E-state index contributed by atoms with van der Waals surface area (Å²) in [7, 11) is 0. The van der Waals surface area contributed by atoms with Crippen molar-refractivity contribution in [2.24, 2.45) is 0 Å². The van der Waals surface area contributed by atoms with E-state index in [9.17, 15) is 9.59 Å². The van der Waals surface area contributed by atoms with Crippen molar-refractivity contribution >= 4 is 23.2 Å². The molecular formula is C18H21ClN4O2. The predicted octanol–water partition coefficient (Wildman–Crippen LogP) is 2.11. The fraction of sp³-hybridized carbons (Fsp3) is 0.389. The average Bonchev–Trinajstić information content (AvgIpc) is 2.63. The van der Waals surface area contributed by atoms with Crippen molar-refractivity contribution in [3.05, 3.63) is 57.5 Å². The van der Waals surface area contributed by atoms with Crippen LogP contribution < -0.4 is 10.5 Å². The Morgan fingerprint density at radius 3 is 2.48 bits per heavy atom. The van der Waals surface area contributed by atoms with Gasteiger partial charge in [0.1, 0.15) is 6.04 Å². The molecule has 1 unspecified atom stereocenters. The molecule has 2 heterocycles. The normalized spacial score (nSPS) is 16.0. The maximum atomic E-state index is 12.8. The summed E-state index contributed by atoms with van der Waals surface area (Å²) < 4.78 is 1.26. The van der Waals surface area contributed by atoms with E-state index in [1.54, 1.807) is 24.8 Å². The Labute approximate surface area is 151 Å². The van der Waals surface area contributed by atoms with Crippen LogP contribution in [-0.4, -0.2) is 46.8 Å². The van der Waals surface area contributed by atoms with Gasteiger partial charge in [0.2, 0.25) is 5.91 Å². The number of hydrogen-bond acceptors (Lipinski definition) is 4. The van der Waals surface area contributed by atoms with Gasteiger partial charge in [-0.15, -0.1) is 0 Å². The minimum atomic E-state index is -0.612. The molecule has 1 aromatic heterocycles. The Bertz CT molecular complexity index is 828. The van der Waals surface area contributed by atoms with Crippen molar-refractivity contribution < 1.29 is 4.79 Å². The Balaban J connectivity index is 1.68. The van der Waals surface area contributed by atoms with Gasteiger partial charge in [-0.1, -0.05) is 23.7 Å². The van der Waals surface area contributed by atoms with Crippen LogP contribution in [0.2, 0.25) is 5.02 Å². The number of rotatable bonds is 3. The molecule has 1 aliphatic heterocycles. The first-order valence-electron chi connectivity index (χ1n) is 8.32. The molecule has 3 rings (SSSR count). The highest BCUT2D eigenvalue weighted by molar-refractivity contribution is 6.33. The van der Waals surface area contributed by atoms with E-state index in [4.69, 9.17) is 11.6 Å². The second kappa shape index (κ2) is 7.27. The number of aryl methyl sites for hydroxylation is 1. The highest BCUT2D eigenvalue weighted by atomic mass is 35.5. The smallest absolute Gasteiger partial charge is 0.267 e. The molecule has 25 heavy (non-hydrogen) atoms. The Hall–Kier alpha value is -2.34. The van der Waals surface area contributed by atoms with Crippen LogP contribution in [0.25, 0.3) is 0 Å². The molecule has 132 valence electrons. The summed E-state index contributed by atoms with van der Waals surface area (Å²) in [5, 5.41) is 4.91. The lowest BCUT2D eigenvalue weighted by atomic mass is 10.2. The number of anilines is 1. The zero-order valence-electron chi connectivity index (χ0n) is 14.4. The van der Waals surface area contributed by atoms with Crippen molar-refractivity contribution in [1.29, 1.82) is 0 Å². The van der Waals surface area contributed by atoms with Crippen LogP contribution >= 0.6 is 11.6 Å².